The molecular formula is C16H19N3O3. The van der Waals surface area contributed by atoms with Crippen LogP contribution >= 0.6 is 0 Å². The van der Waals surface area contributed by atoms with Crippen molar-refractivity contribution in [1.82, 2.24) is 4.98 Å². The van der Waals surface area contributed by atoms with E-state index in [0.717, 1.165) is 42.4 Å². The third kappa shape index (κ3) is 3.17. The minimum atomic E-state index is -0.390. The number of nitrogens with one attached hydrogen (secondary N) is 1. The molecule has 0 spiro atoms. The summed E-state index contributed by atoms with van der Waals surface area (Å²) in [6.45, 7) is 0. The number of fused-ring (bicyclic) bond motifs is 1. The first-order chi connectivity index (χ1) is 10.7. The molecule has 6 nitrogen and oxygen atoms in total. The highest BCUT2D eigenvalue weighted by Gasteiger charge is 2.21. The van der Waals surface area contributed by atoms with Crippen molar-refractivity contribution in [2.24, 2.45) is 0 Å². The van der Waals surface area contributed by atoms with Gasteiger partial charge in [-0.15, -0.1) is 0 Å². The van der Waals surface area contributed by atoms with Crippen LogP contribution in [0.1, 0.15) is 25.7 Å². The van der Waals surface area contributed by atoms with Crippen molar-refractivity contribution in [2.75, 3.05) is 12.4 Å². The Bertz CT molecular complexity index is 689. The van der Waals surface area contributed by atoms with Crippen molar-refractivity contribution in [2.45, 2.75) is 37.8 Å². The van der Waals surface area contributed by atoms with Gasteiger partial charge in [-0.05, 0) is 43.9 Å². The second kappa shape index (κ2) is 6.27. The number of anilines is 1. The van der Waals surface area contributed by atoms with Crippen LogP contribution in [0, 0.1) is 10.1 Å². The molecule has 1 aliphatic rings. The fourth-order valence-electron chi connectivity index (χ4n) is 3.01. The highest BCUT2D eigenvalue weighted by molar-refractivity contribution is 5.82. The van der Waals surface area contributed by atoms with Gasteiger partial charge in [-0.3, -0.25) is 10.1 Å². The molecule has 6 heteroatoms. The third-order valence-corrected chi connectivity index (χ3v) is 4.20. The van der Waals surface area contributed by atoms with Crippen molar-refractivity contribution in [3.63, 3.8) is 0 Å². The van der Waals surface area contributed by atoms with E-state index in [1.54, 1.807) is 19.2 Å². The van der Waals surface area contributed by atoms with Crippen LogP contribution in [0.5, 0.6) is 0 Å². The molecular weight excluding hydrogens is 282 g/mol. The molecule has 0 bridgehead atoms. The lowest BCUT2D eigenvalue weighted by Gasteiger charge is -2.29. The predicted molar refractivity (Wildman–Crippen MR) is 85.1 cm³/mol. The third-order valence-electron chi connectivity index (χ3n) is 4.20. The molecule has 3 rings (SSSR count). The van der Waals surface area contributed by atoms with E-state index in [4.69, 9.17) is 4.74 Å². The summed E-state index contributed by atoms with van der Waals surface area (Å²) in [6.07, 6.45) is 4.67. The molecule has 2 aromatic rings. The summed E-state index contributed by atoms with van der Waals surface area (Å²) in [5.74, 6) is 0.808. The van der Waals surface area contributed by atoms with Gasteiger partial charge in [0.05, 0.1) is 16.5 Å². The minimum Gasteiger partial charge on any atom is -0.381 e. The van der Waals surface area contributed by atoms with E-state index in [-0.39, 0.29) is 5.69 Å². The first-order valence-electron chi connectivity index (χ1n) is 7.50. The number of rotatable bonds is 4. The quantitative estimate of drug-likeness (QED) is 0.690. The van der Waals surface area contributed by atoms with Crippen LogP contribution in [-0.4, -0.2) is 29.2 Å². The molecule has 1 N–H and O–H groups in total. The van der Waals surface area contributed by atoms with Gasteiger partial charge >= 0.3 is 0 Å². The van der Waals surface area contributed by atoms with E-state index in [1.165, 1.54) is 6.07 Å². The maximum Gasteiger partial charge on any atom is 0.270 e. The van der Waals surface area contributed by atoms with Gasteiger partial charge in [0.25, 0.3) is 5.69 Å². The maximum absolute atomic E-state index is 10.8. The first kappa shape index (κ1) is 14.7. The van der Waals surface area contributed by atoms with Gasteiger partial charge in [-0.25, -0.2) is 4.98 Å². The van der Waals surface area contributed by atoms with Crippen LogP contribution in [0.3, 0.4) is 0 Å². The number of methoxy groups -OCH3 is 1. The van der Waals surface area contributed by atoms with Gasteiger partial charge in [-0.1, -0.05) is 0 Å². The van der Waals surface area contributed by atoms with Crippen molar-refractivity contribution in [1.29, 1.82) is 0 Å². The summed E-state index contributed by atoms with van der Waals surface area (Å²) in [5, 5.41) is 15.0. The Labute approximate surface area is 128 Å². The Hall–Kier alpha value is -2.21. The zero-order valence-corrected chi connectivity index (χ0v) is 12.5. The monoisotopic (exact) mass is 301 g/mol. The SMILES string of the molecule is COC1CCCC(Nc2ccc3cc([N+](=O)[O-])ccc3n2)C1. The number of nitro benzene ring substituents is 1. The summed E-state index contributed by atoms with van der Waals surface area (Å²) in [6, 6.07) is 8.84. The van der Waals surface area contributed by atoms with Crippen molar-refractivity contribution >= 4 is 22.4 Å². The number of nitrogens with zero attached hydrogens (tertiary/aromatic N) is 2. The molecule has 1 fully saturated rings. The smallest absolute Gasteiger partial charge is 0.270 e. The second-order valence-electron chi connectivity index (χ2n) is 5.70. The number of ether oxygens (including phenoxy) is 1. The molecule has 116 valence electrons. The molecule has 1 aromatic heterocycles. The number of hydrogen-bond donors (Lipinski definition) is 1. The summed E-state index contributed by atoms with van der Waals surface area (Å²) in [7, 11) is 1.76. The number of nitro groups is 1. The molecule has 1 aliphatic carbocycles. The van der Waals surface area contributed by atoms with Gasteiger partial charge in [0.1, 0.15) is 5.82 Å². The normalized spacial score (nSPS) is 21.7. The van der Waals surface area contributed by atoms with Crippen LogP contribution in [0.4, 0.5) is 11.5 Å². The van der Waals surface area contributed by atoms with Gasteiger partial charge in [0.2, 0.25) is 0 Å². The Morgan fingerprint density at radius 1 is 1.32 bits per heavy atom. The lowest BCUT2D eigenvalue weighted by atomic mass is 9.93. The maximum atomic E-state index is 10.8. The Morgan fingerprint density at radius 2 is 2.18 bits per heavy atom. The van der Waals surface area contributed by atoms with E-state index in [0.29, 0.717) is 12.1 Å². The Kier molecular flexibility index (Phi) is 4.20. The number of pyridine rings is 1. The minimum absolute atomic E-state index is 0.0882. The van der Waals surface area contributed by atoms with Crippen LogP contribution in [-0.2, 0) is 4.74 Å². The number of benzene rings is 1. The number of hydrogen-bond acceptors (Lipinski definition) is 5. The summed E-state index contributed by atoms with van der Waals surface area (Å²) < 4.78 is 5.44. The largest absolute Gasteiger partial charge is 0.381 e. The highest BCUT2D eigenvalue weighted by Crippen LogP contribution is 2.25. The summed E-state index contributed by atoms with van der Waals surface area (Å²) in [4.78, 5) is 15.0. The lowest BCUT2D eigenvalue weighted by Crippen LogP contribution is -2.31. The van der Waals surface area contributed by atoms with Crippen molar-refractivity contribution in [3.8, 4) is 0 Å². The van der Waals surface area contributed by atoms with Gasteiger partial charge in [0.15, 0.2) is 0 Å². The molecule has 1 saturated carbocycles. The van der Waals surface area contributed by atoms with Crippen molar-refractivity contribution in [3.05, 3.63) is 40.4 Å². The standard InChI is InChI=1S/C16H19N3O3/c1-22-14-4-2-3-12(10-14)17-16-8-5-11-9-13(19(20)21)6-7-15(11)18-16/h5-9,12,14H,2-4,10H2,1H3,(H,17,18). The average molecular weight is 301 g/mol. The fraction of sp³-hybridized carbons (Fsp3) is 0.438. The zero-order chi connectivity index (χ0) is 15.5. The molecule has 22 heavy (non-hydrogen) atoms. The van der Waals surface area contributed by atoms with Gasteiger partial charge in [-0.2, -0.15) is 0 Å². The first-order valence-corrected chi connectivity index (χ1v) is 7.50. The van der Waals surface area contributed by atoms with Crippen LogP contribution in [0.25, 0.3) is 10.9 Å². The van der Waals surface area contributed by atoms with Crippen LogP contribution in [0.15, 0.2) is 30.3 Å². The van der Waals surface area contributed by atoms with E-state index >= 15 is 0 Å². The van der Waals surface area contributed by atoms with Gasteiger partial charge < -0.3 is 10.1 Å². The lowest BCUT2D eigenvalue weighted by molar-refractivity contribution is -0.384. The van der Waals surface area contributed by atoms with Crippen LogP contribution < -0.4 is 5.32 Å². The second-order valence-corrected chi connectivity index (χ2v) is 5.70. The molecule has 1 heterocycles. The Balaban J connectivity index is 1.77. The van der Waals surface area contributed by atoms with Gasteiger partial charge in [0, 0.05) is 30.7 Å². The molecule has 0 saturated heterocycles. The summed E-state index contributed by atoms with van der Waals surface area (Å²) in [5.41, 5.74) is 0.847. The topological polar surface area (TPSA) is 77.3 Å². The zero-order valence-electron chi connectivity index (χ0n) is 12.5. The van der Waals surface area contributed by atoms with E-state index in [9.17, 15) is 10.1 Å². The average Bonchev–Trinajstić information content (AvgIpc) is 2.54. The molecule has 2 atom stereocenters. The van der Waals surface area contributed by atoms with Crippen molar-refractivity contribution < 1.29 is 9.66 Å². The number of aromatic nitrogens is 1. The van der Waals surface area contributed by atoms with E-state index in [1.807, 2.05) is 12.1 Å². The predicted octanol–water partition coefficient (Wildman–Crippen LogP) is 3.51. The molecule has 0 radical (unpaired) electrons. The molecule has 0 aliphatic heterocycles. The molecule has 2 unspecified atom stereocenters. The summed E-state index contributed by atoms with van der Waals surface area (Å²) >= 11 is 0. The Morgan fingerprint density at radius 3 is 2.95 bits per heavy atom. The van der Waals surface area contributed by atoms with Crippen LogP contribution in [0.2, 0.25) is 0 Å². The van der Waals surface area contributed by atoms with E-state index in [2.05, 4.69) is 10.3 Å². The molecule has 0 amide bonds. The number of non-ortho nitro benzene ring substituents is 1. The van der Waals surface area contributed by atoms with E-state index < -0.39 is 4.92 Å². The highest BCUT2D eigenvalue weighted by atomic mass is 16.6. The fourth-order valence-corrected chi connectivity index (χ4v) is 3.01. The molecule has 1 aromatic carbocycles.